The van der Waals surface area contributed by atoms with Crippen molar-refractivity contribution < 1.29 is 12.8 Å². The first-order valence-corrected chi connectivity index (χ1v) is 11.7. The lowest BCUT2D eigenvalue weighted by atomic mass is 10.1. The van der Waals surface area contributed by atoms with Crippen molar-refractivity contribution in [2.24, 2.45) is 0 Å². The Morgan fingerprint density at radius 3 is 2.65 bits per heavy atom. The summed E-state index contributed by atoms with van der Waals surface area (Å²) in [6.07, 6.45) is 4.44. The van der Waals surface area contributed by atoms with Crippen LogP contribution in [0.15, 0.2) is 70.4 Å². The van der Waals surface area contributed by atoms with Crippen LogP contribution in [-0.2, 0) is 16.6 Å². The summed E-state index contributed by atoms with van der Waals surface area (Å²) in [4.78, 5) is 4.05. The van der Waals surface area contributed by atoms with Crippen molar-refractivity contribution in [3.05, 3.63) is 82.5 Å². The van der Waals surface area contributed by atoms with Gasteiger partial charge in [-0.15, -0.1) is 0 Å². The zero-order valence-corrected chi connectivity index (χ0v) is 19.3. The van der Waals surface area contributed by atoms with E-state index >= 15 is 0 Å². The van der Waals surface area contributed by atoms with Crippen LogP contribution in [0.2, 0.25) is 0 Å². The average Bonchev–Trinajstić information content (AvgIpc) is 3.09. The molecule has 0 saturated carbocycles. The van der Waals surface area contributed by atoms with Crippen LogP contribution in [0.4, 0.5) is 15.8 Å². The second kappa shape index (κ2) is 8.41. The fraction of sp³-hybridized carbons (Fsp3) is 0.136. The van der Waals surface area contributed by atoms with Gasteiger partial charge in [-0.25, -0.2) is 16.8 Å². The lowest BCUT2D eigenvalue weighted by molar-refractivity contribution is 0.588. The fourth-order valence-corrected chi connectivity index (χ4v) is 5.29. The topological polar surface area (TPSA) is 76.0 Å². The number of benzene rings is 2. The van der Waals surface area contributed by atoms with Gasteiger partial charge in [-0.05, 0) is 71.4 Å². The van der Waals surface area contributed by atoms with Crippen molar-refractivity contribution in [3.63, 3.8) is 0 Å². The predicted octanol–water partition coefficient (Wildman–Crippen LogP) is 4.95. The van der Waals surface area contributed by atoms with E-state index in [0.717, 1.165) is 16.5 Å². The number of nitrogens with one attached hydrogen (secondary N) is 2. The number of nitrogens with zero attached hydrogens (tertiary/aromatic N) is 2. The largest absolute Gasteiger partial charge is 0.353 e. The summed E-state index contributed by atoms with van der Waals surface area (Å²) in [5.74, 6) is -0.376. The Labute approximate surface area is 188 Å². The second-order valence-electron chi connectivity index (χ2n) is 7.16. The molecule has 2 aromatic heterocycles. The van der Waals surface area contributed by atoms with Crippen LogP contribution in [0.5, 0.6) is 0 Å². The molecule has 0 fully saturated rings. The van der Waals surface area contributed by atoms with Crippen LogP contribution in [0.1, 0.15) is 11.1 Å². The van der Waals surface area contributed by atoms with Crippen molar-refractivity contribution in [3.8, 4) is 0 Å². The van der Waals surface area contributed by atoms with Crippen LogP contribution in [0, 0.1) is 12.7 Å². The molecule has 0 aliphatic carbocycles. The monoisotopic (exact) mass is 502 g/mol. The third-order valence-corrected chi connectivity index (χ3v) is 6.93. The maximum Gasteiger partial charge on any atom is 0.269 e. The molecule has 0 amide bonds. The summed E-state index contributed by atoms with van der Waals surface area (Å²) < 4.78 is 42.9. The summed E-state index contributed by atoms with van der Waals surface area (Å²) >= 11 is 3.28. The van der Waals surface area contributed by atoms with E-state index < -0.39 is 10.0 Å². The van der Waals surface area contributed by atoms with Crippen molar-refractivity contribution >= 4 is 48.2 Å². The summed E-state index contributed by atoms with van der Waals surface area (Å²) in [7, 11) is -2.10. The van der Waals surface area contributed by atoms with Crippen LogP contribution in [-0.4, -0.2) is 24.4 Å². The Balaban J connectivity index is 1.85. The maximum atomic E-state index is 14.3. The molecule has 2 N–H and O–H groups in total. The molecule has 0 unspecified atom stereocenters. The zero-order chi connectivity index (χ0) is 22.2. The van der Waals surface area contributed by atoms with Crippen LogP contribution in [0.3, 0.4) is 0 Å². The molecule has 0 bridgehead atoms. The highest BCUT2D eigenvalue weighted by Gasteiger charge is 2.22. The van der Waals surface area contributed by atoms with E-state index in [1.165, 1.54) is 28.5 Å². The quantitative estimate of drug-likeness (QED) is 0.390. The molecule has 0 aliphatic rings. The van der Waals surface area contributed by atoms with E-state index in [1.54, 1.807) is 31.4 Å². The molecule has 4 rings (SSSR count). The molecule has 0 spiro atoms. The Morgan fingerprint density at radius 1 is 1.13 bits per heavy atom. The molecule has 160 valence electrons. The van der Waals surface area contributed by atoms with E-state index in [0.29, 0.717) is 27.9 Å². The first kappa shape index (κ1) is 21.5. The summed E-state index contributed by atoms with van der Waals surface area (Å²) in [6, 6.07) is 11.8. The standard InChI is InChI=1S/C22H20BrFN4O2S/c1-14-3-6-21(20(24)7-14)27-17-4-5-19-15(10-25-2)13-28(22(19)9-17)31(29,30)18-8-16(23)11-26-12-18/h3-9,11-13,25,27H,10H2,1-2H3. The number of aryl methyl sites for hydroxylation is 1. The molecule has 2 heterocycles. The summed E-state index contributed by atoms with van der Waals surface area (Å²) in [5.41, 5.74) is 3.03. The number of hydrogen-bond acceptors (Lipinski definition) is 5. The van der Waals surface area contributed by atoms with Crippen LogP contribution in [0.25, 0.3) is 10.9 Å². The van der Waals surface area contributed by atoms with E-state index in [9.17, 15) is 12.8 Å². The second-order valence-corrected chi connectivity index (χ2v) is 9.90. The number of pyridine rings is 1. The average molecular weight is 503 g/mol. The molecule has 9 heteroatoms. The van der Waals surface area contributed by atoms with Gasteiger partial charge in [-0.1, -0.05) is 12.1 Å². The zero-order valence-electron chi connectivity index (χ0n) is 16.9. The Hall–Kier alpha value is -2.75. The Morgan fingerprint density at radius 2 is 1.94 bits per heavy atom. The number of rotatable bonds is 6. The highest BCUT2D eigenvalue weighted by Crippen LogP contribution is 2.30. The molecule has 0 radical (unpaired) electrons. The number of hydrogen-bond donors (Lipinski definition) is 2. The van der Waals surface area contributed by atoms with Gasteiger partial charge in [0.25, 0.3) is 10.0 Å². The SMILES string of the molecule is CNCc1cn(S(=O)(=O)c2cncc(Br)c2)c2cc(Nc3ccc(C)cc3F)ccc12. The van der Waals surface area contributed by atoms with Gasteiger partial charge in [-0.2, -0.15) is 0 Å². The van der Waals surface area contributed by atoms with Gasteiger partial charge in [0.2, 0.25) is 0 Å². The van der Waals surface area contributed by atoms with E-state index in [2.05, 4.69) is 31.5 Å². The van der Waals surface area contributed by atoms with Gasteiger partial charge in [0.05, 0.1) is 11.2 Å². The number of fused-ring (bicyclic) bond motifs is 1. The first-order chi connectivity index (χ1) is 14.8. The number of aromatic nitrogens is 2. The van der Waals surface area contributed by atoms with Crippen LogP contribution < -0.4 is 10.6 Å². The molecular formula is C22H20BrFN4O2S. The normalized spacial score (nSPS) is 11.7. The predicted molar refractivity (Wildman–Crippen MR) is 124 cm³/mol. The molecule has 0 saturated heterocycles. The minimum absolute atomic E-state index is 0.0673. The van der Waals surface area contributed by atoms with Crippen molar-refractivity contribution in [2.75, 3.05) is 12.4 Å². The summed E-state index contributed by atoms with van der Waals surface area (Å²) in [5, 5.41) is 6.89. The van der Waals surface area contributed by atoms with Gasteiger partial charge in [0.15, 0.2) is 0 Å². The lowest BCUT2D eigenvalue weighted by Crippen LogP contribution is -2.12. The number of halogens is 2. The minimum Gasteiger partial charge on any atom is -0.353 e. The molecule has 0 aliphatic heterocycles. The molecule has 0 atom stereocenters. The molecule has 4 aromatic rings. The third kappa shape index (κ3) is 4.21. The number of anilines is 2. The maximum absolute atomic E-state index is 14.3. The lowest BCUT2D eigenvalue weighted by Gasteiger charge is -2.11. The van der Waals surface area contributed by atoms with Gasteiger partial charge >= 0.3 is 0 Å². The van der Waals surface area contributed by atoms with Gasteiger partial charge < -0.3 is 10.6 Å². The van der Waals surface area contributed by atoms with Crippen LogP contribution >= 0.6 is 15.9 Å². The van der Waals surface area contributed by atoms with Gasteiger partial charge in [0.1, 0.15) is 10.7 Å². The van der Waals surface area contributed by atoms with E-state index in [1.807, 2.05) is 19.1 Å². The fourth-order valence-electron chi connectivity index (χ4n) is 3.40. The first-order valence-electron chi connectivity index (χ1n) is 9.47. The minimum atomic E-state index is -3.89. The van der Waals surface area contributed by atoms with Crippen molar-refractivity contribution in [2.45, 2.75) is 18.4 Å². The van der Waals surface area contributed by atoms with Gasteiger partial charge in [-0.3, -0.25) is 4.98 Å². The summed E-state index contributed by atoms with van der Waals surface area (Å²) in [6.45, 7) is 2.31. The highest BCUT2D eigenvalue weighted by atomic mass is 79.9. The smallest absolute Gasteiger partial charge is 0.269 e. The molecule has 31 heavy (non-hydrogen) atoms. The molecule has 2 aromatic carbocycles. The van der Waals surface area contributed by atoms with Crippen molar-refractivity contribution in [1.29, 1.82) is 0 Å². The Bertz CT molecular complexity index is 1390. The Kier molecular flexibility index (Phi) is 5.83. The van der Waals surface area contributed by atoms with Crippen molar-refractivity contribution in [1.82, 2.24) is 14.3 Å². The van der Waals surface area contributed by atoms with Gasteiger partial charge in [0, 0.05) is 40.7 Å². The highest BCUT2D eigenvalue weighted by molar-refractivity contribution is 9.10. The molecule has 6 nitrogen and oxygen atoms in total. The van der Waals surface area contributed by atoms with E-state index in [-0.39, 0.29) is 10.7 Å². The van der Waals surface area contributed by atoms with E-state index in [4.69, 9.17) is 0 Å². The third-order valence-electron chi connectivity index (χ3n) is 4.86. The molecular weight excluding hydrogens is 483 g/mol.